The third-order valence-electron chi connectivity index (χ3n) is 0. The van der Waals surface area contributed by atoms with E-state index in [1.165, 1.54) is 0 Å². The topological polar surface area (TPSA) is 85.5 Å². The first kappa shape index (κ1) is 67.1. The summed E-state index contributed by atoms with van der Waals surface area (Å²) in [6.07, 6.45) is 0. The average Bonchev–Trinajstić information content (AvgIpc) is 0. The van der Waals surface area contributed by atoms with Crippen molar-refractivity contribution < 1.29 is 106 Å². The van der Waals surface area contributed by atoms with Gasteiger partial charge in [-0.1, -0.05) is 0 Å². The van der Waals surface area contributed by atoms with E-state index in [0.717, 1.165) is 0 Å². The quantitative estimate of drug-likeness (QED) is 0.544. The minimum Gasteiger partial charge on any atom is -2.00 e. The van der Waals surface area contributed by atoms with E-state index in [2.05, 4.69) is 0 Å². The van der Waals surface area contributed by atoms with E-state index in [-0.39, 0.29) is 106 Å². The Kier molecular flexibility index (Phi) is 506. The molecule has 0 unspecified atom stereocenters. The van der Waals surface area contributed by atoms with Crippen LogP contribution in [0.2, 0.25) is 0 Å². The predicted molar refractivity (Wildman–Crippen MR) is 2.06 cm³/mol. The van der Waals surface area contributed by atoms with Crippen LogP contribution in [0.25, 0.3) is 0 Å². The van der Waals surface area contributed by atoms with Crippen LogP contribution < -0.4 is 0 Å². The van der Waals surface area contributed by atoms with Gasteiger partial charge in [-0.3, -0.25) is 0 Å². The predicted octanol–water partition coefficient (Wildman–Crippen LogP) is -0.361. The summed E-state index contributed by atoms with van der Waals surface area (Å²) >= 11 is 0. The van der Waals surface area contributed by atoms with Crippen LogP contribution >= 0.6 is 0 Å². The fourth-order valence-electron chi connectivity index (χ4n) is 0. The molecule has 0 rings (SSSR count). The van der Waals surface area contributed by atoms with Crippen LogP contribution in [-0.2, 0) is 64.3 Å². The molecule has 6 heavy (non-hydrogen) atoms. The van der Waals surface area contributed by atoms with Crippen LogP contribution in [0.1, 0.15) is 0 Å². The minimum atomic E-state index is 0. The van der Waals surface area contributed by atoms with Gasteiger partial charge >= 0.3 is 89.7 Å². The molecule has 0 aromatic rings. The smallest absolute Gasteiger partial charge is 2.00 e. The molecule has 0 aliphatic rings. The monoisotopic (exact) mass is 326 g/mol. The summed E-state index contributed by atoms with van der Waals surface area (Å²) in [5.41, 5.74) is 0. The van der Waals surface area contributed by atoms with E-state index in [1.54, 1.807) is 0 Å². The van der Waals surface area contributed by atoms with Gasteiger partial charge in [0.15, 0.2) is 0 Å². The summed E-state index contributed by atoms with van der Waals surface area (Å²) in [5, 5.41) is 0. The van der Waals surface area contributed by atoms with Crippen LogP contribution in [-0.4, -0.2) is 0 Å². The third-order valence-corrected chi connectivity index (χ3v) is 0. The van der Waals surface area contributed by atoms with Crippen LogP contribution in [0.3, 0.4) is 0 Å². The largest absolute Gasteiger partial charge is 4.00 e. The normalized spacial score (nSPS) is 0. The van der Waals surface area contributed by atoms with Crippen LogP contribution in [0.4, 0.5) is 0 Å². The molecule has 0 bridgehead atoms. The van der Waals surface area contributed by atoms with Gasteiger partial charge in [-0.05, 0) is 0 Å². The molecule has 0 heterocycles. The number of hydrogen-bond donors (Lipinski definition) is 0. The molecule has 0 saturated heterocycles. The van der Waals surface area contributed by atoms with Crippen molar-refractivity contribution in [3.05, 3.63) is 0 Å². The van der Waals surface area contributed by atoms with Crippen molar-refractivity contribution in [3.63, 3.8) is 0 Å². The van der Waals surface area contributed by atoms with Gasteiger partial charge in [0.1, 0.15) is 0 Å². The van der Waals surface area contributed by atoms with Gasteiger partial charge in [0.2, 0.25) is 0 Å². The molecule has 0 aromatic carbocycles. The number of hydrogen-bond acceptors (Lipinski definition) is 0. The molecule has 0 atom stereocenters. The molecule has 0 saturated carbocycles. The Morgan fingerprint density at radius 1 is 0.667 bits per heavy atom. The first-order valence-corrected chi connectivity index (χ1v) is 0. The molecule has 0 fully saturated rings. The molecule has 1 radical (unpaired) electrons. The summed E-state index contributed by atoms with van der Waals surface area (Å²) < 4.78 is 0. The first-order chi connectivity index (χ1) is 0. The Morgan fingerprint density at radius 3 is 0.667 bits per heavy atom. The minimum absolute atomic E-state index is 0. The molecule has 0 aliphatic carbocycles. The summed E-state index contributed by atoms with van der Waals surface area (Å²) in [6.45, 7) is 0. The van der Waals surface area contributed by atoms with Gasteiger partial charge in [-0.2, -0.15) is 0 Å². The van der Waals surface area contributed by atoms with E-state index >= 15 is 0 Å². The van der Waals surface area contributed by atoms with E-state index in [4.69, 9.17) is 0 Å². The second-order valence-corrected chi connectivity index (χ2v) is 0. The molecule has 0 aromatic heterocycles. The van der Waals surface area contributed by atoms with Crippen LogP contribution in [0.5, 0.6) is 0 Å². The standard InChI is InChI=1S/Ce.3O.Ti.Zr/q+3;3*-2;2*+4. The maximum Gasteiger partial charge on any atom is 4.00 e. The maximum atomic E-state index is 0. The molecule has 3 nitrogen and oxygen atoms in total. The van der Waals surface area contributed by atoms with Gasteiger partial charge in [-0.25, -0.2) is 0 Å². The second-order valence-electron chi connectivity index (χ2n) is 0. The Bertz CT molecular complexity index is 10.8. The third kappa shape index (κ3) is 28.8. The summed E-state index contributed by atoms with van der Waals surface area (Å²) in [6, 6.07) is 0. The van der Waals surface area contributed by atoms with Crippen molar-refractivity contribution in [2.24, 2.45) is 0 Å². The van der Waals surface area contributed by atoms with Gasteiger partial charge in [0.05, 0.1) is 0 Å². The van der Waals surface area contributed by atoms with Crippen molar-refractivity contribution in [3.8, 4) is 0 Å². The molecule has 0 N–H and O–H groups in total. The van der Waals surface area contributed by atoms with Crippen molar-refractivity contribution in [2.45, 2.75) is 0 Å². The van der Waals surface area contributed by atoms with E-state index in [1.807, 2.05) is 0 Å². The molecular formula is CeO3TiZr+5. The Hall–Kier alpha value is 2.85. The van der Waals surface area contributed by atoms with E-state index < -0.39 is 0 Å². The molecule has 25 valence electrons. The Morgan fingerprint density at radius 2 is 0.667 bits per heavy atom. The van der Waals surface area contributed by atoms with E-state index in [0.29, 0.717) is 0 Å². The van der Waals surface area contributed by atoms with Gasteiger partial charge < -0.3 is 16.4 Å². The second kappa shape index (κ2) is 45.3. The fourth-order valence-corrected chi connectivity index (χ4v) is 0. The molecule has 0 spiro atoms. The van der Waals surface area contributed by atoms with Gasteiger partial charge in [0.25, 0.3) is 0 Å². The van der Waals surface area contributed by atoms with Gasteiger partial charge in [0, 0.05) is 0 Å². The van der Waals surface area contributed by atoms with Crippen molar-refractivity contribution in [1.29, 1.82) is 0 Å². The summed E-state index contributed by atoms with van der Waals surface area (Å²) in [4.78, 5) is 0. The zero-order valence-corrected chi connectivity index (χ0v) is 9.88. The SMILES string of the molecule is [Ce+3].[O-2].[O-2].[O-2].[Ti+4].[Zr+4]. The molecule has 0 amide bonds. The van der Waals surface area contributed by atoms with Crippen molar-refractivity contribution >= 4 is 0 Å². The molecule has 0 aliphatic heterocycles. The van der Waals surface area contributed by atoms with Crippen LogP contribution in [0.15, 0.2) is 0 Å². The zero-order valence-electron chi connectivity index (χ0n) is 2.72. The van der Waals surface area contributed by atoms with Crippen LogP contribution in [0, 0.1) is 41.7 Å². The maximum absolute atomic E-state index is 0. The summed E-state index contributed by atoms with van der Waals surface area (Å²) in [5.74, 6) is 0. The summed E-state index contributed by atoms with van der Waals surface area (Å²) in [7, 11) is 0. The Labute approximate surface area is 104 Å². The average molecular weight is 327 g/mol. The Balaban J connectivity index is 0. The van der Waals surface area contributed by atoms with E-state index in [9.17, 15) is 0 Å². The van der Waals surface area contributed by atoms with Crippen molar-refractivity contribution in [2.75, 3.05) is 0 Å². The number of rotatable bonds is 0. The first-order valence-electron chi connectivity index (χ1n) is 0. The fraction of sp³-hybridized carbons (Fsp3) is 0. The molecule has 6 heteroatoms. The zero-order chi connectivity index (χ0) is 0. The molecular weight excluding hydrogens is 327 g/mol. The van der Waals surface area contributed by atoms with Gasteiger partial charge in [-0.15, -0.1) is 0 Å². The van der Waals surface area contributed by atoms with Crippen molar-refractivity contribution in [1.82, 2.24) is 0 Å².